The molecule has 3 fully saturated rings. The second-order valence-corrected chi connectivity index (χ2v) is 8.92. The molecule has 29 heavy (non-hydrogen) atoms. The lowest BCUT2D eigenvalue weighted by atomic mass is 9.91. The SMILES string of the molecule is CC(=O)N1CC(Cc2ccc(F)cc2)CC1C(=O)N1CCCN(C2CCC2)CC1. The number of benzene rings is 1. The van der Waals surface area contributed by atoms with E-state index in [2.05, 4.69) is 4.90 Å². The number of nitrogens with zero attached hydrogens (tertiary/aromatic N) is 3. The third-order valence-corrected chi connectivity index (χ3v) is 6.95. The van der Waals surface area contributed by atoms with Crippen molar-refractivity contribution < 1.29 is 14.0 Å². The van der Waals surface area contributed by atoms with E-state index in [9.17, 15) is 14.0 Å². The van der Waals surface area contributed by atoms with Crippen LogP contribution in [0.15, 0.2) is 24.3 Å². The molecular weight excluding hydrogens is 369 g/mol. The van der Waals surface area contributed by atoms with Gasteiger partial charge in [0.25, 0.3) is 0 Å². The van der Waals surface area contributed by atoms with Crippen molar-refractivity contribution in [1.82, 2.24) is 14.7 Å². The topological polar surface area (TPSA) is 43.9 Å². The number of rotatable bonds is 4. The van der Waals surface area contributed by atoms with Gasteiger partial charge in [-0.3, -0.25) is 14.5 Å². The summed E-state index contributed by atoms with van der Waals surface area (Å²) in [5.41, 5.74) is 1.05. The lowest BCUT2D eigenvalue weighted by Crippen LogP contribution is -2.48. The Bertz CT molecular complexity index is 734. The standard InChI is InChI=1S/C23H32FN3O2/c1-17(28)27-16-19(14-18-6-8-20(24)9-7-18)15-22(27)23(29)26-11-3-10-25(12-13-26)21-4-2-5-21/h6-9,19,21-22H,2-5,10-16H2,1H3. The molecule has 2 amide bonds. The zero-order valence-corrected chi connectivity index (χ0v) is 17.4. The van der Waals surface area contributed by atoms with E-state index in [0.29, 0.717) is 19.0 Å². The highest BCUT2D eigenvalue weighted by Crippen LogP contribution is 2.29. The Morgan fingerprint density at radius 3 is 2.45 bits per heavy atom. The van der Waals surface area contributed by atoms with Crippen molar-refractivity contribution in [2.24, 2.45) is 5.92 Å². The fourth-order valence-corrected chi connectivity index (χ4v) is 5.09. The molecule has 2 unspecified atom stereocenters. The molecule has 158 valence electrons. The van der Waals surface area contributed by atoms with E-state index in [1.165, 1.54) is 31.4 Å². The molecule has 2 heterocycles. The lowest BCUT2D eigenvalue weighted by Gasteiger charge is -2.36. The summed E-state index contributed by atoms with van der Waals surface area (Å²) in [5, 5.41) is 0. The summed E-state index contributed by atoms with van der Waals surface area (Å²) in [5.74, 6) is 0.0700. The molecule has 2 saturated heterocycles. The largest absolute Gasteiger partial charge is 0.340 e. The smallest absolute Gasteiger partial charge is 0.245 e. The monoisotopic (exact) mass is 401 g/mol. The van der Waals surface area contributed by atoms with Crippen molar-refractivity contribution in [3.05, 3.63) is 35.6 Å². The van der Waals surface area contributed by atoms with E-state index in [0.717, 1.165) is 44.6 Å². The molecule has 0 N–H and O–H groups in total. The van der Waals surface area contributed by atoms with Gasteiger partial charge >= 0.3 is 0 Å². The molecule has 5 nitrogen and oxygen atoms in total. The number of carbonyl (C=O) groups is 2. The molecule has 2 aliphatic heterocycles. The minimum absolute atomic E-state index is 0.0316. The van der Waals surface area contributed by atoms with Crippen molar-refractivity contribution in [3.8, 4) is 0 Å². The normalized spacial score (nSPS) is 26.3. The second kappa shape index (κ2) is 8.82. The van der Waals surface area contributed by atoms with Crippen molar-refractivity contribution in [1.29, 1.82) is 0 Å². The first-order valence-electron chi connectivity index (χ1n) is 11.1. The maximum Gasteiger partial charge on any atom is 0.245 e. The third-order valence-electron chi connectivity index (χ3n) is 6.95. The number of hydrogen-bond acceptors (Lipinski definition) is 3. The van der Waals surface area contributed by atoms with Crippen molar-refractivity contribution >= 4 is 11.8 Å². The van der Waals surface area contributed by atoms with Gasteiger partial charge in [0, 0.05) is 45.7 Å². The van der Waals surface area contributed by atoms with Crippen LogP contribution in [0.2, 0.25) is 0 Å². The Balaban J connectivity index is 1.39. The first-order chi connectivity index (χ1) is 14.0. The van der Waals surface area contributed by atoms with Gasteiger partial charge in [0.15, 0.2) is 0 Å². The first-order valence-corrected chi connectivity index (χ1v) is 11.1. The number of likely N-dealkylation sites (tertiary alicyclic amines) is 1. The van der Waals surface area contributed by atoms with E-state index in [-0.39, 0.29) is 29.6 Å². The molecule has 6 heteroatoms. The second-order valence-electron chi connectivity index (χ2n) is 8.92. The first kappa shape index (κ1) is 20.3. The Hall–Kier alpha value is -1.95. The highest BCUT2D eigenvalue weighted by Gasteiger charge is 2.40. The average molecular weight is 402 g/mol. The van der Waals surface area contributed by atoms with Gasteiger partial charge in [-0.2, -0.15) is 0 Å². The van der Waals surface area contributed by atoms with E-state index in [4.69, 9.17) is 0 Å². The highest BCUT2D eigenvalue weighted by atomic mass is 19.1. The van der Waals surface area contributed by atoms with Gasteiger partial charge < -0.3 is 9.80 Å². The van der Waals surface area contributed by atoms with Gasteiger partial charge in [0.05, 0.1) is 0 Å². The van der Waals surface area contributed by atoms with Gasteiger partial charge in [-0.05, 0) is 55.7 Å². The molecule has 1 aromatic carbocycles. The zero-order chi connectivity index (χ0) is 20.4. The number of amides is 2. The van der Waals surface area contributed by atoms with E-state index < -0.39 is 0 Å². The van der Waals surface area contributed by atoms with Crippen LogP contribution < -0.4 is 0 Å². The van der Waals surface area contributed by atoms with Crippen LogP contribution in [0.1, 0.15) is 44.6 Å². The van der Waals surface area contributed by atoms with Gasteiger partial charge in [-0.15, -0.1) is 0 Å². The molecule has 3 aliphatic rings. The maximum atomic E-state index is 13.3. The molecule has 0 radical (unpaired) electrons. The summed E-state index contributed by atoms with van der Waals surface area (Å²) < 4.78 is 13.2. The minimum atomic E-state index is -0.354. The Kier molecular flexibility index (Phi) is 6.18. The predicted molar refractivity (Wildman–Crippen MR) is 110 cm³/mol. The molecule has 1 saturated carbocycles. The van der Waals surface area contributed by atoms with Crippen molar-refractivity contribution in [2.75, 3.05) is 32.7 Å². The Morgan fingerprint density at radius 1 is 1.03 bits per heavy atom. The van der Waals surface area contributed by atoms with Crippen LogP contribution in [-0.4, -0.2) is 71.3 Å². The molecule has 0 spiro atoms. The number of halogens is 1. The number of carbonyl (C=O) groups excluding carboxylic acids is 2. The quantitative estimate of drug-likeness (QED) is 0.779. The molecule has 1 aliphatic carbocycles. The third kappa shape index (κ3) is 4.63. The number of hydrogen-bond donors (Lipinski definition) is 0. The van der Waals surface area contributed by atoms with Crippen LogP contribution in [0.3, 0.4) is 0 Å². The molecule has 0 bridgehead atoms. The molecule has 2 atom stereocenters. The van der Waals surface area contributed by atoms with Crippen molar-refractivity contribution in [3.63, 3.8) is 0 Å². The summed E-state index contributed by atoms with van der Waals surface area (Å²) in [4.78, 5) is 31.9. The molecule has 4 rings (SSSR count). The Labute approximate surface area is 172 Å². The fraction of sp³-hybridized carbons (Fsp3) is 0.652. The van der Waals surface area contributed by atoms with Gasteiger partial charge in [-0.25, -0.2) is 4.39 Å². The molecule has 0 aromatic heterocycles. The van der Waals surface area contributed by atoms with E-state index in [1.807, 2.05) is 4.90 Å². The van der Waals surface area contributed by atoms with Crippen LogP contribution in [0.4, 0.5) is 4.39 Å². The summed E-state index contributed by atoms with van der Waals surface area (Å²) in [6, 6.07) is 6.90. The Morgan fingerprint density at radius 2 is 1.79 bits per heavy atom. The van der Waals surface area contributed by atoms with Gasteiger partial charge in [-0.1, -0.05) is 18.6 Å². The lowest BCUT2D eigenvalue weighted by molar-refractivity contribution is -0.142. The highest BCUT2D eigenvalue weighted by molar-refractivity contribution is 5.87. The van der Waals surface area contributed by atoms with Gasteiger partial charge in [0.2, 0.25) is 11.8 Å². The summed E-state index contributed by atoms with van der Waals surface area (Å²) in [7, 11) is 0. The minimum Gasteiger partial charge on any atom is -0.340 e. The van der Waals surface area contributed by atoms with Crippen LogP contribution in [0, 0.1) is 11.7 Å². The molecule has 1 aromatic rings. The summed E-state index contributed by atoms with van der Waals surface area (Å²) in [6.45, 7) is 5.73. The van der Waals surface area contributed by atoms with Gasteiger partial charge in [0.1, 0.15) is 11.9 Å². The van der Waals surface area contributed by atoms with Crippen LogP contribution in [-0.2, 0) is 16.0 Å². The summed E-state index contributed by atoms with van der Waals surface area (Å²) >= 11 is 0. The fourth-order valence-electron chi connectivity index (χ4n) is 5.09. The van der Waals surface area contributed by atoms with E-state index in [1.54, 1.807) is 24.0 Å². The van der Waals surface area contributed by atoms with Crippen LogP contribution in [0.25, 0.3) is 0 Å². The molecular formula is C23H32FN3O2. The van der Waals surface area contributed by atoms with Crippen LogP contribution in [0.5, 0.6) is 0 Å². The van der Waals surface area contributed by atoms with Crippen molar-refractivity contribution in [2.45, 2.75) is 57.5 Å². The zero-order valence-electron chi connectivity index (χ0n) is 17.4. The predicted octanol–water partition coefficient (Wildman–Crippen LogP) is 2.69. The maximum absolute atomic E-state index is 13.3. The average Bonchev–Trinajstić information content (AvgIpc) is 2.93. The van der Waals surface area contributed by atoms with Crippen LogP contribution >= 0.6 is 0 Å². The van der Waals surface area contributed by atoms with E-state index >= 15 is 0 Å². The summed E-state index contributed by atoms with van der Waals surface area (Å²) in [6.07, 6.45) is 6.38.